The van der Waals surface area contributed by atoms with Crippen LogP contribution >= 0.6 is 11.8 Å². The summed E-state index contributed by atoms with van der Waals surface area (Å²) in [6.07, 6.45) is 2.25. The number of carboxylic acid groups (broad SMARTS) is 1. The summed E-state index contributed by atoms with van der Waals surface area (Å²) in [5.74, 6) is 0.787. The van der Waals surface area contributed by atoms with Crippen molar-refractivity contribution in [2.24, 2.45) is 0 Å². The summed E-state index contributed by atoms with van der Waals surface area (Å²) in [4.78, 5) is 23.0. The number of carbonyl (C=O) groups excluding carboxylic acids is 1. The quantitative estimate of drug-likeness (QED) is 0.737. The molecule has 8 heteroatoms. The lowest BCUT2D eigenvalue weighted by atomic mass is 10.2. The van der Waals surface area contributed by atoms with Crippen LogP contribution in [0.15, 0.2) is 18.2 Å². The lowest BCUT2D eigenvalue weighted by Gasteiger charge is -2.19. The Morgan fingerprint density at radius 2 is 2.05 bits per heavy atom. The van der Waals surface area contributed by atoms with Gasteiger partial charge < -0.3 is 25.2 Å². The zero-order valence-corrected chi connectivity index (χ0v) is 12.9. The maximum atomic E-state index is 11.9. The number of aliphatic carboxylic acids is 1. The minimum Gasteiger partial charge on any atom is -0.486 e. The van der Waals surface area contributed by atoms with Crippen molar-refractivity contribution in [3.05, 3.63) is 18.2 Å². The molecule has 22 heavy (non-hydrogen) atoms. The number of hydrogen-bond donors (Lipinski definition) is 3. The van der Waals surface area contributed by atoms with Gasteiger partial charge in [0.15, 0.2) is 11.5 Å². The van der Waals surface area contributed by atoms with Gasteiger partial charge in [0.2, 0.25) is 0 Å². The number of hydrogen-bond acceptors (Lipinski definition) is 5. The fourth-order valence-electron chi connectivity index (χ4n) is 1.94. The van der Waals surface area contributed by atoms with Gasteiger partial charge in [-0.2, -0.15) is 11.8 Å². The number of carboxylic acids is 1. The summed E-state index contributed by atoms with van der Waals surface area (Å²) in [6.45, 7) is 0.953. The van der Waals surface area contributed by atoms with E-state index in [1.165, 1.54) is 11.8 Å². The number of benzene rings is 1. The molecular weight excluding hydrogens is 308 g/mol. The van der Waals surface area contributed by atoms with Crippen LogP contribution in [0.3, 0.4) is 0 Å². The molecule has 1 aromatic rings. The van der Waals surface area contributed by atoms with Crippen molar-refractivity contribution in [3.63, 3.8) is 0 Å². The molecule has 0 fully saturated rings. The van der Waals surface area contributed by atoms with E-state index >= 15 is 0 Å². The van der Waals surface area contributed by atoms with Gasteiger partial charge in [0.05, 0.1) is 0 Å². The van der Waals surface area contributed by atoms with Crippen molar-refractivity contribution in [2.45, 2.75) is 12.5 Å². The molecule has 120 valence electrons. The Hall–Kier alpha value is -2.09. The Balaban J connectivity index is 1.94. The molecule has 0 aromatic heterocycles. The second-order valence-electron chi connectivity index (χ2n) is 4.63. The number of amides is 2. The number of urea groups is 1. The molecule has 7 nitrogen and oxygen atoms in total. The molecule has 1 atom stereocenters. The first-order valence-corrected chi connectivity index (χ1v) is 8.18. The first kappa shape index (κ1) is 16.3. The molecule has 0 saturated carbocycles. The Morgan fingerprint density at radius 3 is 2.73 bits per heavy atom. The third-order valence-electron chi connectivity index (χ3n) is 3.01. The van der Waals surface area contributed by atoms with Gasteiger partial charge in [0.25, 0.3) is 0 Å². The monoisotopic (exact) mass is 326 g/mol. The second kappa shape index (κ2) is 7.79. The molecule has 0 spiro atoms. The molecule has 0 aliphatic carbocycles. The van der Waals surface area contributed by atoms with Crippen LogP contribution in [0.4, 0.5) is 10.5 Å². The Bertz CT molecular complexity index is 552. The molecule has 1 aromatic carbocycles. The standard InChI is InChI=1S/C14H18N2O5S/c1-22-7-4-10(13(17)18)16-14(19)15-9-2-3-11-12(8-9)21-6-5-20-11/h2-3,8,10H,4-7H2,1H3,(H,17,18)(H2,15,16,19). The Labute approximate surface area is 132 Å². The Kier molecular flexibility index (Phi) is 5.76. The van der Waals surface area contributed by atoms with Crippen LogP contribution in [0.25, 0.3) is 0 Å². The summed E-state index contributed by atoms with van der Waals surface area (Å²) in [6, 6.07) is 3.54. The van der Waals surface area contributed by atoms with Crippen LogP contribution < -0.4 is 20.1 Å². The van der Waals surface area contributed by atoms with Crippen molar-refractivity contribution in [3.8, 4) is 11.5 Å². The van der Waals surface area contributed by atoms with E-state index in [1.807, 2.05) is 6.26 Å². The van der Waals surface area contributed by atoms with E-state index in [4.69, 9.17) is 14.6 Å². The highest BCUT2D eigenvalue weighted by Crippen LogP contribution is 2.32. The number of ether oxygens (including phenoxy) is 2. The average Bonchev–Trinajstić information content (AvgIpc) is 2.51. The van der Waals surface area contributed by atoms with Gasteiger partial charge in [-0.25, -0.2) is 9.59 Å². The molecule has 2 amide bonds. The topological polar surface area (TPSA) is 96.9 Å². The summed E-state index contributed by atoms with van der Waals surface area (Å²) >= 11 is 1.53. The molecule has 1 aliphatic heterocycles. The van der Waals surface area contributed by atoms with Crippen LogP contribution in [0, 0.1) is 0 Å². The predicted octanol–water partition coefficient (Wildman–Crippen LogP) is 1.79. The number of fused-ring (bicyclic) bond motifs is 1. The first-order valence-electron chi connectivity index (χ1n) is 6.79. The minimum absolute atomic E-state index is 0.366. The molecule has 1 heterocycles. The fourth-order valence-corrected chi connectivity index (χ4v) is 2.41. The highest BCUT2D eigenvalue weighted by molar-refractivity contribution is 7.98. The second-order valence-corrected chi connectivity index (χ2v) is 5.61. The molecule has 0 saturated heterocycles. The summed E-state index contributed by atoms with van der Waals surface area (Å²) in [5.41, 5.74) is 0.510. The molecule has 1 unspecified atom stereocenters. The predicted molar refractivity (Wildman–Crippen MR) is 84.0 cm³/mol. The molecule has 3 N–H and O–H groups in total. The van der Waals surface area contributed by atoms with Gasteiger partial charge in [0, 0.05) is 11.8 Å². The van der Waals surface area contributed by atoms with Gasteiger partial charge >= 0.3 is 12.0 Å². The lowest BCUT2D eigenvalue weighted by Crippen LogP contribution is -2.43. The molecule has 0 radical (unpaired) electrons. The third kappa shape index (κ3) is 4.45. The molecule has 2 rings (SSSR count). The van der Waals surface area contributed by atoms with Crippen LogP contribution in [0.2, 0.25) is 0 Å². The van der Waals surface area contributed by atoms with E-state index in [9.17, 15) is 9.59 Å². The number of anilines is 1. The lowest BCUT2D eigenvalue weighted by molar-refractivity contribution is -0.139. The van der Waals surface area contributed by atoms with Crippen molar-refractivity contribution >= 4 is 29.4 Å². The summed E-state index contributed by atoms with van der Waals surface area (Å²) < 4.78 is 10.8. The van der Waals surface area contributed by atoms with E-state index in [0.29, 0.717) is 42.6 Å². The smallest absolute Gasteiger partial charge is 0.326 e. The SMILES string of the molecule is CSCCC(NC(=O)Nc1ccc2c(c1)OCCO2)C(=O)O. The number of rotatable bonds is 6. The van der Waals surface area contributed by atoms with E-state index in [-0.39, 0.29) is 0 Å². The van der Waals surface area contributed by atoms with Gasteiger partial charge in [-0.3, -0.25) is 0 Å². The van der Waals surface area contributed by atoms with Gasteiger partial charge in [-0.1, -0.05) is 0 Å². The van der Waals surface area contributed by atoms with Crippen LogP contribution in [-0.4, -0.2) is 48.4 Å². The van der Waals surface area contributed by atoms with E-state index in [2.05, 4.69) is 10.6 Å². The van der Waals surface area contributed by atoms with E-state index in [0.717, 1.165) is 0 Å². The Morgan fingerprint density at radius 1 is 1.32 bits per heavy atom. The number of thioether (sulfide) groups is 1. The normalized spacial score (nSPS) is 14.0. The van der Waals surface area contributed by atoms with Gasteiger partial charge in [-0.05, 0) is 30.6 Å². The van der Waals surface area contributed by atoms with Crippen molar-refractivity contribution in [1.29, 1.82) is 0 Å². The summed E-state index contributed by atoms with van der Waals surface area (Å²) in [5, 5.41) is 14.1. The molecular formula is C14H18N2O5S. The van der Waals surface area contributed by atoms with Crippen LogP contribution in [0.1, 0.15) is 6.42 Å². The first-order chi connectivity index (χ1) is 10.6. The van der Waals surface area contributed by atoms with Gasteiger partial charge in [-0.15, -0.1) is 0 Å². The van der Waals surface area contributed by atoms with Gasteiger partial charge in [0.1, 0.15) is 19.3 Å². The van der Waals surface area contributed by atoms with Crippen molar-refractivity contribution < 1.29 is 24.2 Å². The minimum atomic E-state index is -1.05. The van der Waals surface area contributed by atoms with Crippen molar-refractivity contribution in [2.75, 3.05) is 30.5 Å². The highest BCUT2D eigenvalue weighted by atomic mass is 32.2. The third-order valence-corrected chi connectivity index (χ3v) is 3.66. The maximum Gasteiger partial charge on any atom is 0.326 e. The number of carbonyl (C=O) groups is 2. The summed E-state index contributed by atoms with van der Waals surface area (Å²) in [7, 11) is 0. The molecule has 0 bridgehead atoms. The van der Waals surface area contributed by atoms with Crippen molar-refractivity contribution in [1.82, 2.24) is 5.32 Å². The fraction of sp³-hybridized carbons (Fsp3) is 0.429. The number of nitrogens with one attached hydrogen (secondary N) is 2. The highest BCUT2D eigenvalue weighted by Gasteiger charge is 2.20. The van der Waals surface area contributed by atoms with E-state index < -0.39 is 18.0 Å². The largest absolute Gasteiger partial charge is 0.486 e. The zero-order valence-electron chi connectivity index (χ0n) is 12.1. The maximum absolute atomic E-state index is 11.9. The molecule has 1 aliphatic rings. The zero-order chi connectivity index (χ0) is 15.9. The van der Waals surface area contributed by atoms with Crippen LogP contribution in [-0.2, 0) is 4.79 Å². The average molecular weight is 326 g/mol. The van der Waals surface area contributed by atoms with E-state index in [1.54, 1.807) is 18.2 Å². The van der Waals surface area contributed by atoms with Crippen LogP contribution in [0.5, 0.6) is 11.5 Å².